The number of hydrogen-bond donors (Lipinski definition) is 1. The number of carbonyl (C=O) groups is 1. The Balaban J connectivity index is 1.80. The van der Waals surface area contributed by atoms with Crippen LogP contribution in [0.15, 0.2) is 58.8 Å². The maximum absolute atomic E-state index is 12.9. The van der Waals surface area contributed by atoms with Gasteiger partial charge >= 0.3 is 6.03 Å². The summed E-state index contributed by atoms with van der Waals surface area (Å²) >= 11 is 6.23. The van der Waals surface area contributed by atoms with Crippen molar-refractivity contribution in [3.63, 3.8) is 0 Å². The normalized spacial score (nSPS) is 16.6. The number of hydrogen-bond acceptors (Lipinski definition) is 4. The van der Waals surface area contributed by atoms with Gasteiger partial charge in [-0.1, -0.05) is 72.1 Å². The molecular formula is C24H25ClN4O2. The number of unbranched alkanes of at least 4 members (excludes halogenated alkanes) is 1. The quantitative estimate of drug-likeness (QED) is 0.514. The lowest BCUT2D eigenvalue weighted by molar-refractivity contribution is 0.204. The van der Waals surface area contributed by atoms with Gasteiger partial charge < -0.3 is 9.84 Å². The summed E-state index contributed by atoms with van der Waals surface area (Å²) in [5.74, 6) is 0.900. The molecule has 0 saturated heterocycles. The van der Waals surface area contributed by atoms with E-state index < -0.39 is 6.04 Å². The molecule has 0 fully saturated rings. The fourth-order valence-electron chi connectivity index (χ4n) is 3.73. The molecule has 2 aromatic carbocycles. The van der Waals surface area contributed by atoms with Gasteiger partial charge in [0.15, 0.2) is 0 Å². The van der Waals surface area contributed by atoms with Crippen LogP contribution in [0.25, 0.3) is 17.0 Å². The van der Waals surface area contributed by atoms with Gasteiger partial charge in [-0.3, -0.25) is 4.90 Å². The van der Waals surface area contributed by atoms with Gasteiger partial charge in [-0.05, 0) is 38.0 Å². The molecule has 2 heterocycles. The van der Waals surface area contributed by atoms with Crippen molar-refractivity contribution in [1.82, 2.24) is 20.4 Å². The van der Waals surface area contributed by atoms with E-state index in [0.717, 1.165) is 40.8 Å². The Morgan fingerprint density at radius 1 is 1.16 bits per heavy atom. The minimum atomic E-state index is -0.435. The predicted molar refractivity (Wildman–Crippen MR) is 121 cm³/mol. The van der Waals surface area contributed by atoms with E-state index in [1.165, 1.54) is 0 Å². The summed E-state index contributed by atoms with van der Waals surface area (Å²) in [4.78, 5) is 19.3. The highest BCUT2D eigenvalue weighted by atomic mass is 35.5. The smallest absolute Gasteiger partial charge is 0.322 e. The molecule has 4 rings (SSSR count). The molecule has 1 aromatic heterocycles. The summed E-state index contributed by atoms with van der Waals surface area (Å²) < 4.78 is 5.70. The molecule has 1 aliphatic rings. The second kappa shape index (κ2) is 8.94. The average molecular weight is 437 g/mol. The molecule has 1 N–H and O–H groups in total. The van der Waals surface area contributed by atoms with E-state index in [2.05, 4.69) is 22.4 Å². The Morgan fingerprint density at radius 2 is 1.94 bits per heavy atom. The molecule has 31 heavy (non-hydrogen) atoms. The highest BCUT2D eigenvalue weighted by Crippen LogP contribution is 2.38. The fraction of sp³-hybridized carbons (Fsp3) is 0.292. The zero-order valence-electron chi connectivity index (χ0n) is 17.9. The second-order valence-corrected chi connectivity index (χ2v) is 8.17. The summed E-state index contributed by atoms with van der Waals surface area (Å²) in [5, 5.41) is 7.90. The van der Waals surface area contributed by atoms with Crippen molar-refractivity contribution in [1.29, 1.82) is 0 Å². The Hall–Kier alpha value is -3.12. The zero-order valence-corrected chi connectivity index (χ0v) is 18.6. The van der Waals surface area contributed by atoms with Crippen LogP contribution in [-0.4, -0.2) is 27.6 Å². The first-order valence-corrected chi connectivity index (χ1v) is 10.8. The number of nitrogens with one attached hydrogen (secondary N) is 1. The Bertz CT molecular complexity index is 1120. The van der Waals surface area contributed by atoms with E-state index in [1.54, 1.807) is 4.90 Å². The van der Waals surface area contributed by atoms with Crippen LogP contribution in [0.1, 0.15) is 49.7 Å². The van der Waals surface area contributed by atoms with Crippen molar-refractivity contribution in [3.05, 3.63) is 76.3 Å². The molecular weight excluding hydrogens is 412 g/mol. The number of urea groups is 1. The van der Waals surface area contributed by atoms with Crippen molar-refractivity contribution >= 4 is 23.2 Å². The highest BCUT2D eigenvalue weighted by molar-refractivity contribution is 6.30. The summed E-state index contributed by atoms with van der Waals surface area (Å²) in [6.45, 7) is 6.68. The third kappa shape index (κ3) is 4.35. The molecule has 0 bridgehead atoms. The van der Waals surface area contributed by atoms with E-state index in [-0.39, 0.29) is 6.03 Å². The van der Waals surface area contributed by atoms with Crippen LogP contribution in [-0.2, 0) is 0 Å². The van der Waals surface area contributed by atoms with Crippen LogP contribution < -0.4 is 5.32 Å². The highest BCUT2D eigenvalue weighted by Gasteiger charge is 2.35. The molecule has 1 aliphatic heterocycles. The van der Waals surface area contributed by atoms with Gasteiger partial charge in [0, 0.05) is 22.8 Å². The lowest BCUT2D eigenvalue weighted by Gasteiger charge is -2.35. The van der Waals surface area contributed by atoms with Crippen LogP contribution in [0.3, 0.4) is 0 Å². The van der Waals surface area contributed by atoms with Gasteiger partial charge in [-0.25, -0.2) is 4.79 Å². The molecule has 0 spiro atoms. The number of benzene rings is 2. The standard InChI is InChI=1S/C24H25ClN4O2/c1-4-5-13-29-16(3)20(21(26-24(29)30)18-7-6-8-19(25)14-18)23-27-22(28-31-23)17-11-9-15(2)10-12-17/h6-12,14,21H,4-5,13H2,1-3H3,(H,26,30). The average Bonchev–Trinajstić information content (AvgIpc) is 3.23. The minimum absolute atomic E-state index is 0.141. The monoisotopic (exact) mass is 436 g/mol. The van der Waals surface area contributed by atoms with Crippen LogP contribution in [0, 0.1) is 6.92 Å². The van der Waals surface area contributed by atoms with Crippen LogP contribution in [0.5, 0.6) is 0 Å². The van der Waals surface area contributed by atoms with Crippen LogP contribution in [0.2, 0.25) is 5.02 Å². The Kier molecular flexibility index (Phi) is 6.09. The number of rotatable bonds is 6. The SMILES string of the molecule is CCCCN1C(=O)NC(c2cccc(Cl)c2)C(c2nc(-c3ccc(C)cc3)no2)=C1C. The summed E-state index contributed by atoms with van der Waals surface area (Å²) in [7, 11) is 0. The number of nitrogens with zero attached hydrogens (tertiary/aromatic N) is 3. The second-order valence-electron chi connectivity index (χ2n) is 7.73. The van der Waals surface area contributed by atoms with Gasteiger partial charge in [0.05, 0.1) is 11.6 Å². The number of halogens is 1. The number of carbonyl (C=O) groups excluding carboxylic acids is 1. The van der Waals surface area contributed by atoms with E-state index >= 15 is 0 Å². The third-order valence-electron chi connectivity index (χ3n) is 5.48. The number of allylic oxidation sites excluding steroid dienone is 1. The maximum Gasteiger partial charge on any atom is 0.322 e. The van der Waals surface area contributed by atoms with Crippen molar-refractivity contribution in [2.75, 3.05) is 6.54 Å². The first-order chi connectivity index (χ1) is 15.0. The van der Waals surface area contributed by atoms with Crippen LogP contribution in [0.4, 0.5) is 4.79 Å². The molecule has 0 radical (unpaired) electrons. The van der Waals surface area contributed by atoms with E-state index in [9.17, 15) is 4.79 Å². The molecule has 0 saturated carbocycles. The van der Waals surface area contributed by atoms with Crippen LogP contribution >= 0.6 is 11.6 Å². The molecule has 3 aromatic rings. The zero-order chi connectivity index (χ0) is 22.0. The summed E-state index contributed by atoms with van der Waals surface area (Å²) in [5.41, 5.74) is 4.49. The molecule has 1 unspecified atom stereocenters. The van der Waals surface area contributed by atoms with E-state index in [1.807, 2.05) is 62.4 Å². The van der Waals surface area contributed by atoms with E-state index in [0.29, 0.717) is 23.3 Å². The topological polar surface area (TPSA) is 71.3 Å². The molecule has 2 amide bonds. The van der Waals surface area contributed by atoms with Crippen molar-refractivity contribution in [2.45, 2.75) is 39.7 Å². The lowest BCUT2D eigenvalue weighted by Crippen LogP contribution is -2.46. The Morgan fingerprint density at radius 3 is 2.65 bits per heavy atom. The number of amides is 2. The maximum atomic E-state index is 12.9. The molecule has 1 atom stereocenters. The van der Waals surface area contributed by atoms with Crippen molar-refractivity contribution < 1.29 is 9.32 Å². The minimum Gasteiger partial charge on any atom is -0.334 e. The molecule has 7 heteroatoms. The fourth-order valence-corrected chi connectivity index (χ4v) is 3.93. The largest absolute Gasteiger partial charge is 0.334 e. The van der Waals surface area contributed by atoms with Crippen molar-refractivity contribution in [2.24, 2.45) is 0 Å². The molecule has 0 aliphatic carbocycles. The number of aromatic nitrogens is 2. The molecule has 160 valence electrons. The summed E-state index contributed by atoms with van der Waals surface area (Å²) in [6, 6.07) is 14.8. The molecule has 6 nitrogen and oxygen atoms in total. The first-order valence-electron chi connectivity index (χ1n) is 10.4. The van der Waals surface area contributed by atoms with Gasteiger partial charge in [0.25, 0.3) is 5.89 Å². The Labute approximate surface area is 186 Å². The van der Waals surface area contributed by atoms with Gasteiger partial charge in [0.2, 0.25) is 5.82 Å². The van der Waals surface area contributed by atoms with Gasteiger partial charge in [-0.2, -0.15) is 4.98 Å². The lowest BCUT2D eigenvalue weighted by atomic mass is 9.94. The van der Waals surface area contributed by atoms with Gasteiger partial charge in [0.1, 0.15) is 0 Å². The van der Waals surface area contributed by atoms with Crippen molar-refractivity contribution in [3.8, 4) is 11.4 Å². The summed E-state index contributed by atoms with van der Waals surface area (Å²) in [6.07, 6.45) is 1.89. The van der Waals surface area contributed by atoms with Gasteiger partial charge in [-0.15, -0.1) is 0 Å². The first kappa shape index (κ1) is 21.1. The van der Waals surface area contributed by atoms with E-state index in [4.69, 9.17) is 16.1 Å². The predicted octanol–water partition coefficient (Wildman–Crippen LogP) is 6.00. The third-order valence-corrected chi connectivity index (χ3v) is 5.71. The number of aryl methyl sites for hydroxylation is 1.